The Morgan fingerprint density at radius 2 is 1.88 bits per heavy atom. The van der Waals surface area contributed by atoms with Crippen molar-refractivity contribution in [3.05, 3.63) is 58.4 Å². The number of hydrogen-bond donors (Lipinski definition) is 1. The molecule has 0 aromatic heterocycles. The van der Waals surface area contributed by atoms with E-state index in [4.69, 9.17) is 4.74 Å². The monoisotopic (exact) mass is 368 g/mol. The van der Waals surface area contributed by atoms with Gasteiger partial charge in [0.2, 0.25) is 5.91 Å². The van der Waals surface area contributed by atoms with Gasteiger partial charge in [0.05, 0.1) is 23.0 Å². The minimum Gasteiger partial charge on any atom is -0.496 e. The first kappa shape index (κ1) is 18.3. The van der Waals surface area contributed by atoms with E-state index in [1.807, 2.05) is 0 Å². The third kappa shape index (κ3) is 4.51. The zero-order valence-electron chi connectivity index (χ0n) is 12.9. The van der Waals surface area contributed by atoms with E-state index in [0.717, 1.165) is 30.3 Å². The van der Waals surface area contributed by atoms with Gasteiger partial charge < -0.3 is 10.1 Å². The number of carbonyl (C=O) groups is 1. The first-order valence-corrected chi connectivity index (χ1v) is 8.49. The van der Waals surface area contributed by atoms with Crippen LogP contribution in [0.4, 0.5) is 15.8 Å². The highest BCUT2D eigenvalue weighted by molar-refractivity contribution is 7.92. The van der Waals surface area contributed by atoms with Gasteiger partial charge in [-0.25, -0.2) is 12.8 Å². The summed E-state index contributed by atoms with van der Waals surface area (Å²) in [5, 5.41) is 13.2. The highest BCUT2D eigenvalue weighted by atomic mass is 32.2. The maximum absolute atomic E-state index is 12.9. The summed E-state index contributed by atoms with van der Waals surface area (Å²) in [6.07, 6.45) is 0. The molecule has 0 fully saturated rings. The molecule has 0 aliphatic carbocycles. The van der Waals surface area contributed by atoms with Crippen LogP contribution in [0.5, 0.6) is 5.75 Å². The minimum absolute atomic E-state index is 0.162. The van der Waals surface area contributed by atoms with E-state index in [1.54, 1.807) is 0 Å². The summed E-state index contributed by atoms with van der Waals surface area (Å²) in [7, 11) is -2.69. The predicted molar refractivity (Wildman–Crippen MR) is 86.7 cm³/mol. The number of benzene rings is 2. The summed E-state index contributed by atoms with van der Waals surface area (Å²) in [4.78, 5) is 22.1. The second kappa shape index (κ2) is 7.26. The van der Waals surface area contributed by atoms with E-state index in [0.29, 0.717) is 0 Å². The van der Waals surface area contributed by atoms with Crippen LogP contribution in [0.1, 0.15) is 0 Å². The van der Waals surface area contributed by atoms with Gasteiger partial charge in [-0.1, -0.05) is 0 Å². The van der Waals surface area contributed by atoms with E-state index in [-0.39, 0.29) is 16.3 Å². The molecule has 10 heteroatoms. The highest BCUT2D eigenvalue weighted by Crippen LogP contribution is 2.29. The van der Waals surface area contributed by atoms with Crippen molar-refractivity contribution in [1.29, 1.82) is 0 Å². The Hall–Kier alpha value is -3.01. The Morgan fingerprint density at radius 1 is 1.24 bits per heavy atom. The van der Waals surface area contributed by atoms with Crippen molar-refractivity contribution >= 4 is 27.1 Å². The molecule has 2 rings (SSSR count). The van der Waals surface area contributed by atoms with Crippen molar-refractivity contribution in [3.63, 3.8) is 0 Å². The fraction of sp³-hybridized carbons (Fsp3) is 0.133. The van der Waals surface area contributed by atoms with Crippen molar-refractivity contribution in [1.82, 2.24) is 0 Å². The number of nitrogens with one attached hydrogen (secondary N) is 1. The number of amides is 1. The first-order chi connectivity index (χ1) is 11.7. The van der Waals surface area contributed by atoms with Crippen LogP contribution < -0.4 is 10.1 Å². The van der Waals surface area contributed by atoms with Crippen LogP contribution in [0, 0.1) is 15.9 Å². The van der Waals surface area contributed by atoms with Gasteiger partial charge in [-0.2, -0.15) is 0 Å². The van der Waals surface area contributed by atoms with E-state index < -0.39 is 37.9 Å². The van der Waals surface area contributed by atoms with Crippen LogP contribution in [0.25, 0.3) is 0 Å². The van der Waals surface area contributed by atoms with Crippen LogP contribution >= 0.6 is 0 Å². The molecule has 0 saturated carbocycles. The highest BCUT2D eigenvalue weighted by Gasteiger charge is 2.22. The van der Waals surface area contributed by atoms with Crippen LogP contribution in [0.3, 0.4) is 0 Å². The number of rotatable bonds is 6. The lowest BCUT2D eigenvalue weighted by molar-refractivity contribution is -0.384. The fourth-order valence-electron chi connectivity index (χ4n) is 1.98. The number of nitro groups is 1. The molecule has 1 N–H and O–H groups in total. The fourth-order valence-corrected chi connectivity index (χ4v) is 3.11. The SMILES string of the molecule is COc1ccc(NC(=O)CS(=O)(=O)c2ccc(F)cc2)c([N+](=O)[O-])c1. The summed E-state index contributed by atoms with van der Waals surface area (Å²) in [5.74, 6) is -2.31. The van der Waals surface area contributed by atoms with E-state index in [1.165, 1.54) is 19.2 Å². The van der Waals surface area contributed by atoms with Crippen molar-refractivity contribution < 1.29 is 27.3 Å². The second-order valence-corrected chi connectivity index (χ2v) is 6.89. The number of carbonyl (C=O) groups excluding carboxylic acids is 1. The van der Waals surface area contributed by atoms with E-state index in [9.17, 15) is 27.7 Å². The van der Waals surface area contributed by atoms with Gasteiger partial charge in [-0.3, -0.25) is 14.9 Å². The quantitative estimate of drug-likeness (QED) is 0.474. The Morgan fingerprint density at radius 3 is 2.44 bits per heavy atom. The number of ether oxygens (including phenoxy) is 1. The molecule has 0 bridgehead atoms. The average Bonchev–Trinajstić information content (AvgIpc) is 2.54. The molecule has 25 heavy (non-hydrogen) atoms. The van der Waals surface area contributed by atoms with Crippen molar-refractivity contribution in [2.24, 2.45) is 0 Å². The van der Waals surface area contributed by atoms with Crippen LogP contribution in [0.2, 0.25) is 0 Å². The zero-order chi connectivity index (χ0) is 18.6. The normalized spacial score (nSPS) is 11.0. The molecule has 0 aliphatic heterocycles. The maximum Gasteiger partial charge on any atom is 0.296 e. The molecule has 0 spiro atoms. The Balaban J connectivity index is 2.20. The van der Waals surface area contributed by atoms with Crippen molar-refractivity contribution in [2.75, 3.05) is 18.2 Å². The van der Waals surface area contributed by atoms with Gasteiger partial charge in [0, 0.05) is 0 Å². The molecule has 0 saturated heterocycles. The smallest absolute Gasteiger partial charge is 0.296 e. The molecule has 8 nitrogen and oxygen atoms in total. The lowest BCUT2D eigenvalue weighted by Gasteiger charge is -2.08. The van der Waals surface area contributed by atoms with Crippen LogP contribution in [-0.4, -0.2) is 32.1 Å². The maximum atomic E-state index is 12.9. The lowest BCUT2D eigenvalue weighted by Crippen LogP contribution is -2.23. The summed E-state index contributed by atoms with van der Waals surface area (Å²) in [5.41, 5.74) is -0.600. The van der Waals surface area contributed by atoms with Crippen LogP contribution in [0.15, 0.2) is 47.4 Å². The summed E-state index contributed by atoms with van der Waals surface area (Å²) in [6.45, 7) is 0. The number of halogens is 1. The van der Waals surface area contributed by atoms with Crippen LogP contribution in [-0.2, 0) is 14.6 Å². The molecule has 132 valence electrons. The third-order valence-corrected chi connectivity index (χ3v) is 4.80. The molecule has 0 radical (unpaired) electrons. The molecule has 0 unspecified atom stereocenters. The van der Waals surface area contributed by atoms with Gasteiger partial charge in [-0.05, 0) is 36.4 Å². The topological polar surface area (TPSA) is 116 Å². The molecular weight excluding hydrogens is 355 g/mol. The van der Waals surface area contributed by atoms with Crippen molar-refractivity contribution in [2.45, 2.75) is 4.90 Å². The number of methoxy groups -OCH3 is 1. The Bertz CT molecular complexity index is 912. The van der Waals surface area contributed by atoms with Gasteiger partial charge in [0.1, 0.15) is 23.0 Å². The number of sulfone groups is 1. The first-order valence-electron chi connectivity index (χ1n) is 6.83. The molecular formula is C15H13FN2O6S. The van der Waals surface area contributed by atoms with E-state index >= 15 is 0 Å². The van der Waals surface area contributed by atoms with Crippen molar-refractivity contribution in [3.8, 4) is 5.75 Å². The van der Waals surface area contributed by atoms with Gasteiger partial charge in [0.25, 0.3) is 5.69 Å². The minimum atomic E-state index is -4.02. The number of hydrogen-bond acceptors (Lipinski definition) is 6. The molecule has 0 heterocycles. The summed E-state index contributed by atoms with van der Waals surface area (Å²) >= 11 is 0. The van der Waals surface area contributed by atoms with E-state index in [2.05, 4.69) is 5.32 Å². The largest absolute Gasteiger partial charge is 0.496 e. The lowest BCUT2D eigenvalue weighted by atomic mass is 10.2. The standard InChI is InChI=1S/C15H13FN2O6S/c1-24-11-4-7-13(14(8-11)18(20)21)17-15(19)9-25(22,23)12-5-2-10(16)3-6-12/h2-8H,9H2,1H3,(H,17,19). The Kier molecular flexibility index (Phi) is 5.32. The zero-order valence-corrected chi connectivity index (χ0v) is 13.7. The summed E-state index contributed by atoms with van der Waals surface area (Å²) < 4.78 is 42.0. The van der Waals surface area contributed by atoms with Gasteiger partial charge >= 0.3 is 0 Å². The Labute approximate surface area is 142 Å². The predicted octanol–water partition coefficient (Wildman–Crippen LogP) is 2.15. The van der Waals surface area contributed by atoms with Gasteiger partial charge in [-0.15, -0.1) is 0 Å². The molecule has 0 atom stereocenters. The second-order valence-electron chi connectivity index (χ2n) is 4.90. The third-order valence-electron chi connectivity index (χ3n) is 3.17. The molecule has 2 aromatic rings. The number of nitro benzene ring substituents is 1. The summed E-state index contributed by atoms with van der Waals surface area (Å²) in [6, 6.07) is 7.71. The average molecular weight is 368 g/mol. The number of nitrogens with zero attached hydrogens (tertiary/aromatic N) is 1. The molecule has 0 aliphatic rings. The molecule has 2 aromatic carbocycles. The van der Waals surface area contributed by atoms with Gasteiger partial charge in [0.15, 0.2) is 9.84 Å². The molecule has 1 amide bonds. The number of anilines is 1.